The van der Waals surface area contributed by atoms with Gasteiger partial charge in [0.25, 0.3) is 5.56 Å². The molecule has 4 bridgehead atoms. The van der Waals surface area contributed by atoms with Crippen LogP contribution in [0.4, 0.5) is 5.69 Å². The molecule has 6 nitrogen and oxygen atoms in total. The van der Waals surface area contributed by atoms with Crippen LogP contribution in [0.5, 0.6) is 5.75 Å². The largest absolute Gasteiger partial charge is 0.487 e. The van der Waals surface area contributed by atoms with Crippen molar-refractivity contribution >= 4 is 28.8 Å². The first-order valence-electron chi connectivity index (χ1n) is 11.7. The van der Waals surface area contributed by atoms with Gasteiger partial charge in [0.1, 0.15) is 18.0 Å². The lowest BCUT2D eigenvalue weighted by Gasteiger charge is -2.55. The number of ether oxygens (including phenoxy) is 1. The van der Waals surface area contributed by atoms with E-state index in [-0.39, 0.29) is 23.5 Å². The molecule has 4 saturated carbocycles. The molecule has 4 aliphatic rings. The molecule has 0 aliphatic heterocycles. The molecule has 0 atom stereocenters. The Morgan fingerprint density at radius 3 is 2.55 bits per heavy atom. The van der Waals surface area contributed by atoms with E-state index >= 15 is 0 Å². The maximum absolute atomic E-state index is 13.3. The third-order valence-corrected chi connectivity index (χ3v) is 7.90. The molecule has 4 aliphatic carbocycles. The first kappa shape index (κ1) is 20.7. The molecular formula is C26H26ClN3O3. The van der Waals surface area contributed by atoms with E-state index in [0.29, 0.717) is 22.1 Å². The van der Waals surface area contributed by atoms with Crippen molar-refractivity contribution in [2.75, 3.05) is 5.32 Å². The van der Waals surface area contributed by atoms with Crippen molar-refractivity contribution in [1.29, 1.82) is 0 Å². The molecule has 1 aromatic carbocycles. The summed E-state index contributed by atoms with van der Waals surface area (Å²) in [7, 11) is 0. The predicted octanol–water partition coefficient (Wildman–Crippen LogP) is 5.08. The number of halogens is 1. The minimum atomic E-state index is -0.210. The highest BCUT2D eigenvalue weighted by molar-refractivity contribution is 6.30. The fraction of sp³-hybridized carbons (Fsp3) is 0.423. The van der Waals surface area contributed by atoms with Gasteiger partial charge in [0.15, 0.2) is 0 Å². The minimum Gasteiger partial charge on any atom is -0.487 e. The summed E-state index contributed by atoms with van der Waals surface area (Å²) in [6.45, 7) is 0.154. The van der Waals surface area contributed by atoms with E-state index < -0.39 is 0 Å². The molecule has 170 valence electrons. The van der Waals surface area contributed by atoms with Crippen molar-refractivity contribution in [1.82, 2.24) is 9.38 Å². The summed E-state index contributed by atoms with van der Waals surface area (Å²) < 4.78 is 7.31. The van der Waals surface area contributed by atoms with Crippen LogP contribution >= 0.6 is 11.6 Å². The number of nitrogens with zero attached hydrogens (tertiary/aromatic N) is 2. The van der Waals surface area contributed by atoms with Crippen molar-refractivity contribution in [3.05, 3.63) is 69.7 Å². The zero-order valence-corrected chi connectivity index (χ0v) is 19.1. The summed E-state index contributed by atoms with van der Waals surface area (Å²) in [6, 6.07) is 12.3. The SMILES string of the molecule is O=C(Nc1cccc(OCc2cc(=O)n3cc(Cl)ccc3n2)c1)C12CC3CC(CC(C3)C1)C2. The Kier molecular flexibility index (Phi) is 4.94. The molecule has 3 aromatic rings. The number of pyridine rings is 1. The smallest absolute Gasteiger partial charge is 0.258 e. The summed E-state index contributed by atoms with van der Waals surface area (Å²) >= 11 is 5.97. The van der Waals surface area contributed by atoms with Crippen LogP contribution < -0.4 is 15.6 Å². The monoisotopic (exact) mass is 463 g/mol. The zero-order valence-electron chi connectivity index (χ0n) is 18.3. The van der Waals surface area contributed by atoms with Crippen LogP contribution in [0, 0.1) is 23.2 Å². The van der Waals surface area contributed by atoms with Crippen molar-refractivity contribution in [2.45, 2.75) is 45.1 Å². The van der Waals surface area contributed by atoms with Crippen LogP contribution in [0.3, 0.4) is 0 Å². The average molecular weight is 464 g/mol. The lowest BCUT2D eigenvalue weighted by atomic mass is 9.49. The Bertz CT molecular complexity index is 1270. The van der Waals surface area contributed by atoms with Crippen molar-refractivity contribution in [3.8, 4) is 5.75 Å². The normalized spacial score (nSPS) is 27.6. The average Bonchev–Trinajstić information content (AvgIpc) is 2.78. The van der Waals surface area contributed by atoms with Gasteiger partial charge in [0.2, 0.25) is 5.91 Å². The summed E-state index contributed by atoms with van der Waals surface area (Å²) in [4.78, 5) is 30.2. The number of hydrogen-bond donors (Lipinski definition) is 1. The van der Waals surface area contributed by atoms with Gasteiger partial charge in [-0.2, -0.15) is 0 Å². The van der Waals surface area contributed by atoms with Crippen LogP contribution in [-0.4, -0.2) is 15.3 Å². The van der Waals surface area contributed by atoms with Crippen LogP contribution in [-0.2, 0) is 11.4 Å². The number of aromatic nitrogens is 2. The molecular weight excluding hydrogens is 438 g/mol. The first-order valence-corrected chi connectivity index (χ1v) is 12.1. The Morgan fingerprint density at radius 2 is 1.82 bits per heavy atom. The van der Waals surface area contributed by atoms with Gasteiger partial charge < -0.3 is 10.1 Å². The number of anilines is 1. The standard InChI is InChI=1S/C26H26ClN3O3/c27-19-4-5-23-28-21(10-24(31)30(23)14-19)15-33-22-3-1-2-20(9-22)29-25(32)26-11-16-6-17(12-26)8-18(7-16)13-26/h1-5,9-10,14,16-18H,6-8,11-13,15H2,(H,29,32). The maximum atomic E-state index is 13.3. The molecule has 2 aromatic heterocycles. The van der Waals surface area contributed by atoms with Crippen molar-refractivity contribution in [2.24, 2.45) is 23.2 Å². The summed E-state index contributed by atoms with van der Waals surface area (Å²) in [5.41, 5.74) is 1.39. The summed E-state index contributed by atoms with van der Waals surface area (Å²) in [5, 5.41) is 3.65. The predicted molar refractivity (Wildman–Crippen MR) is 126 cm³/mol. The molecule has 1 N–H and O–H groups in total. The zero-order chi connectivity index (χ0) is 22.6. The summed E-state index contributed by atoms with van der Waals surface area (Å²) in [5.74, 6) is 2.97. The molecule has 0 saturated heterocycles. The van der Waals surface area contributed by atoms with Gasteiger partial charge in [0, 0.05) is 24.0 Å². The van der Waals surface area contributed by atoms with E-state index in [1.165, 1.54) is 29.7 Å². The third-order valence-electron chi connectivity index (χ3n) is 7.68. The van der Waals surface area contributed by atoms with E-state index in [0.717, 1.165) is 42.7 Å². The van der Waals surface area contributed by atoms with E-state index in [2.05, 4.69) is 10.3 Å². The Labute approximate surface area is 196 Å². The van der Waals surface area contributed by atoms with Gasteiger partial charge >= 0.3 is 0 Å². The quantitative estimate of drug-likeness (QED) is 0.572. The molecule has 1 amide bonds. The Balaban J connectivity index is 1.15. The first-order chi connectivity index (χ1) is 16.0. The molecule has 0 spiro atoms. The van der Waals surface area contributed by atoms with E-state index in [9.17, 15) is 9.59 Å². The molecule has 4 fully saturated rings. The Morgan fingerprint density at radius 1 is 1.09 bits per heavy atom. The third kappa shape index (κ3) is 3.90. The second-order valence-corrected chi connectivity index (χ2v) is 10.6. The highest BCUT2D eigenvalue weighted by Gasteiger charge is 2.54. The number of carbonyl (C=O) groups is 1. The number of carbonyl (C=O) groups excluding carboxylic acids is 1. The van der Waals surface area contributed by atoms with Gasteiger partial charge in [-0.3, -0.25) is 14.0 Å². The van der Waals surface area contributed by atoms with Crippen LogP contribution in [0.2, 0.25) is 5.02 Å². The van der Waals surface area contributed by atoms with Gasteiger partial charge in [0.05, 0.1) is 16.1 Å². The molecule has 0 radical (unpaired) electrons. The second-order valence-electron chi connectivity index (χ2n) is 10.1. The van der Waals surface area contributed by atoms with Gasteiger partial charge in [-0.15, -0.1) is 0 Å². The van der Waals surface area contributed by atoms with Crippen molar-refractivity contribution < 1.29 is 9.53 Å². The Hall–Kier alpha value is -2.86. The lowest BCUT2D eigenvalue weighted by Crippen LogP contribution is -2.51. The molecule has 7 rings (SSSR count). The number of hydrogen-bond acceptors (Lipinski definition) is 4. The minimum absolute atomic E-state index is 0.154. The number of amides is 1. The highest BCUT2D eigenvalue weighted by Crippen LogP contribution is 2.60. The molecule has 33 heavy (non-hydrogen) atoms. The summed E-state index contributed by atoms with van der Waals surface area (Å²) in [6.07, 6.45) is 8.60. The number of benzene rings is 1. The van der Waals surface area contributed by atoms with Crippen molar-refractivity contribution in [3.63, 3.8) is 0 Å². The lowest BCUT2D eigenvalue weighted by molar-refractivity contribution is -0.140. The van der Waals surface area contributed by atoms with Crippen LogP contribution in [0.1, 0.15) is 44.2 Å². The molecule has 7 heteroatoms. The van der Waals surface area contributed by atoms with E-state index in [4.69, 9.17) is 16.3 Å². The molecule has 2 heterocycles. The van der Waals surface area contributed by atoms with Crippen LogP contribution in [0.25, 0.3) is 5.65 Å². The van der Waals surface area contributed by atoms with Crippen LogP contribution in [0.15, 0.2) is 53.5 Å². The van der Waals surface area contributed by atoms with Gasteiger partial charge in [-0.1, -0.05) is 17.7 Å². The van der Waals surface area contributed by atoms with Gasteiger partial charge in [-0.05, 0) is 80.5 Å². The molecule has 0 unspecified atom stereocenters. The van der Waals surface area contributed by atoms with E-state index in [1.807, 2.05) is 24.3 Å². The second kappa shape index (κ2) is 7.87. The number of nitrogens with one attached hydrogen (secondary N) is 1. The fourth-order valence-corrected chi connectivity index (χ4v) is 6.83. The fourth-order valence-electron chi connectivity index (χ4n) is 6.67. The maximum Gasteiger partial charge on any atom is 0.258 e. The highest BCUT2D eigenvalue weighted by atomic mass is 35.5. The van der Waals surface area contributed by atoms with E-state index in [1.54, 1.807) is 18.3 Å². The topological polar surface area (TPSA) is 72.7 Å². The number of rotatable bonds is 5. The number of fused-ring (bicyclic) bond motifs is 1. The van der Waals surface area contributed by atoms with Gasteiger partial charge in [-0.25, -0.2) is 4.98 Å².